The zero-order valence-corrected chi connectivity index (χ0v) is 12.0. The van der Waals surface area contributed by atoms with Crippen molar-refractivity contribution < 1.29 is 8.85 Å². The summed E-state index contributed by atoms with van der Waals surface area (Å²) in [5.74, 6) is 0. The van der Waals surface area contributed by atoms with Crippen LogP contribution in [0.25, 0.3) is 0 Å². The molecule has 5 nitrogen and oxygen atoms in total. The van der Waals surface area contributed by atoms with Crippen molar-refractivity contribution in [3.05, 3.63) is 0 Å². The molecule has 98 valence electrons. The third kappa shape index (κ3) is 4.12. The Balaban J connectivity index is 4.64. The van der Waals surface area contributed by atoms with Crippen molar-refractivity contribution in [2.75, 3.05) is 33.9 Å². The van der Waals surface area contributed by atoms with Crippen LogP contribution in [0.2, 0.25) is 12.1 Å². The molecule has 16 heavy (non-hydrogen) atoms. The van der Waals surface area contributed by atoms with Gasteiger partial charge in [-0.25, -0.2) is 0 Å². The summed E-state index contributed by atoms with van der Waals surface area (Å²) in [5.41, 5.74) is 11.6. The topological polar surface area (TPSA) is 82.5 Å². The minimum absolute atomic E-state index is 0.213. The zero-order valence-electron chi connectivity index (χ0n) is 11.0. The van der Waals surface area contributed by atoms with Gasteiger partial charge in [0.1, 0.15) is 0 Å². The minimum atomic E-state index is -2.14. The number of nitrogens with two attached hydrogens (primary N) is 2. The first-order valence-corrected chi connectivity index (χ1v) is 8.22. The molecule has 0 radical (unpaired) electrons. The van der Waals surface area contributed by atoms with Gasteiger partial charge in [0.15, 0.2) is 0 Å². The molecular weight excluding hydrogens is 222 g/mol. The molecule has 0 heterocycles. The third-order valence-electron chi connectivity index (χ3n) is 3.21. The van der Waals surface area contributed by atoms with Crippen LogP contribution >= 0.6 is 0 Å². The first kappa shape index (κ1) is 16.0. The lowest BCUT2D eigenvalue weighted by molar-refractivity contribution is 0.223. The fraction of sp³-hybridized carbons (Fsp3) is 1.00. The van der Waals surface area contributed by atoms with Gasteiger partial charge in [-0.15, -0.1) is 0 Å². The van der Waals surface area contributed by atoms with Crippen LogP contribution in [0.15, 0.2) is 0 Å². The summed E-state index contributed by atoms with van der Waals surface area (Å²) in [7, 11) is 1.29. The molecule has 2 unspecified atom stereocenters. The van der Waals surface area contributed by atoms with Crippen molar-refractivity contribution in [1.29, 1.82) is 0 Å². The predicted molar refractivity (Wildman–Crippen MR) is 69.6 cm³/mol. The lowest BCUT2D eigenvalue weighted by atomic mass is 10.1. The minimum Gasteiger partial charge on any atom is -0.398 e. The Kier molecular flexibility index (Phi) is 8.17. The van der Waals surface area contributed by atoms with Crippen LogP contribution in [-0.2, 0) is 8.85 Å². The van der Waals surface area contributed by atoms with Crippen LogP contribution in [0.3, 0.4) is 0 Å². The van der Waals surface area contributed by atoms with Gasteiger partial charge in [0.25, 0.3) is 0 Å². The molecule has 0 spiro atoms. The molecular formula is C10H27N3O2Si. The van der Waals surface area contributed by atoms with Crippen molar-refractivity contribution in [1.82, 2.24) is 5.32 Å². The van der Waals surface area contributed by atoms with Crippen molar-refractivity contribution in [2.24, 2.45) is 11.5 Å². The highest BCUT2D eigenvalue weighted by molar-refractivity contribution is 6.67. The molecule has 0 aromatic rings. The molecule has 0 saturated heterocycles. The molecule has 0 rings (SSSR count). The summed E-state index contributed by atoms with van der Waals surface area (Å²) in [6, 6.07) is 0.213. The molecule has 0 aliphatic heterocycles. The summed E-state index contributed by atoms with van der Waals surface area (Å²) in [6.45, 7) is 6.18. The van der Waals surface area contributed by atoms with E-state index in [0.29, 0.717) is 18.6 Å². The Morgan fingerprint density at radius 3 is 2.12 bits per heavy atom. The maximum atomic E-state index is 5.80. The van der Waals surface area contributed by atoms with E-state index in [1.54, 1.807) is 14.2 Å². The Labute approximate surface area is 100 Å². The van der Waals surface area contributed by atoms with E-state index >= 15 is 0 Å². The van der Waals surface area contributed by atoms with Crippen molar-refractivity contribution in [2.45, 2.75) is 31.5 Å². The first-order chi connectivity index (χ1) is 7.59. The van der Waals surface area contributed by atoms with Gasteiger partial charge >= 0.3 is 8.56 Å². The Hall–Kier alpha value is 0.0169. The van der Waals surface area contributed by atoms with Crippen LogP contribution in [0.1, 0.15) is 13.3 Å². The zero-order chi connectivity index (χ0) is 12.6. The van der Waals surface area contributed by atoms with Crippen molar-refractivity contribution >= 4 is 8.56 Å². The van der Waals surface area contributed by atoms with Gasteiger partial charge in [0, 0.05) is 45.4 Å². The van der Waals surface area contributed by atoms with Crippen molar-refractivity contribution in [3.63, 3.8) is 0 Å². The standard InChI is InChI=1S/C10H27N3O2Si/c1-5-10(16(4,14-2)15-3)9(8-12)13-7-6-11/h9-10,13H,5-8,11-12H2,1-4H3. The quantitative estimate of drug-likeness (QED) is 0.501. The average molecular weight is 249 g/mol. The summed E-state index contributed by atoms with van der Waals surface area (Å²) < 4.78 is 11.2. The van der Waals surface area contributed by atoms with E-state index in [-0.39, 0.29) is 6.04 Å². The Morgan fingerprint density at radius 1 is 1.25 bits per heavy atom. The second-order valence-corrected chi connectivity index (χ2v) is 7.61. The molecule has 0 amide bonds. The van der Waals surface area contributed by atoms with Gasteiger partial charge in [-0.2, -0.15) is 0 Å². The van der Waals surface area contributed by atoms with Gasteiger partial charge < -0.3 is 25.6 Å². The average Bonchev–Trinajstić information content (AvgIpc) is 2.33. The number of hydrogen-bond donors (Lipinski definition) is 3. The summed E-state index contributed by atoms with van der Waals surface area (Å²) in [5, 5.41) is 3.37. The van der Waals surface area contributed by atoms with E-state index in [1.165, 1.54) is 0 Å². The molecule has 2 atom stereocenters. The first-order valence-electron chi connectivity index (χ1n) is 5.83. The monoisotopic (exact) mass is 249 g/mol. The molecule has 0 aromatic heterocycles. The maximum absolute atomic E-state index is 5.80. The SMILES string of the molecule is CCC(C(CN)NCCN)[Si](C)(OC)OC. The second-order valence-electron chi connectivity index (χ2n) is 4.02. The number of rotatable bonds is 9. The van der Waals surface area contributed by atoms with Crippen LogP contribution in [-0.4, -0.2) is 48.5 Å². The molecule has 0 aromatic carbocycles. The predicted octanol–water partition coefficient (Wildman–Crippen LogP) is 0.00700. The lowest BCUT2D eigenvalue weighted by Gasteiger charge is -2.36. The Morgan fingerprint density at radius 2 is 1.81 bits per heavy atom. The molecule has 5 N–H and O–H groups in total. The fourth-order valence-electron chi connectivity index (χ4n) is 2.07. The van der Waals surface area contributed by atoms with Gasteiger partial charge in [-0.1, -0.05) is 6.92 Å². The molecule has 0 aliphatic carbocycles. The van der Waals surface area contributed by atoms with Gasteiger partial charge in [-0.05, 0) is 13.0 Å². The summed E-state index contributed by atoms with van der Waals surface area (Å²) in [4.78, 5) is 0. The molecule has 0 fully saturated rings. The van der Waals surface area contributed by atoms with E-state index in [4.69, 9.17) is 20.3 Å². The van der Waals surface area contributed by atoms with Gasteiger partial charge in [0.2, 0.25) is 0 Å². The number of nitrogens with one attached hydrogen (secondary N) is 1. The molecule has 0 bridgehead atoms. The van der Waals surface area contributed by atoms with E-state index in [2.05, 4.69) is 18.8 Å². The maximum Gasteiger partial charge on any atom is 0.339 e. The Bertz CT molecular complexity index is 179. The highest BCUT2D eigenvalue weighted by atomic mass is 28.4. The van der Waals surface area contributed by atoms with Crippen LogP contribution < -0.4 is 16.8 Å². The summed E-state index contributed by atoms with van der Waals surface area (Å²) in [6.07, 6.45) is 0.990. The van der Waals surface area contributed by atoms with Crippen LogP contribution in [0.4, 0.5) is 0 Å². The van der Waals surface area contributed by atoms with Crippen LogP contribution in [0.5, 0.6) is 0 Å². The second kappa shape index (κ2) is 8.16. The molecule has 6 heteroatoms. The van der Waals surface area contributed by atoms with E-state index in [9.17, 15) is 0 Å². The van der Waals surface area contributed by atoms with E-state index in [1.807, 2.05) is 0 Å². The molecule has 0 aliphatic rings. The van der Waals surface area contributed by atoms with E-state index in [0.717, 1.165) is 13.0 Å². The van der Waals surface area contributed by atoms with Crippen LogP contribution in [0, 0.1) is 0 Å². The van der Waals surface area contributed by atoms with E-state index < -0.39 is 8.56 Å². The highest BCUT2D eigenvalue weighted by Gasteiger charge is 2.42. The highest BCUT2D eigenvalue weighted by Crippen LogP contribution is 2.29. The fourth-order valence-corrected chi connectivity index (χ4v) is 4.56. The number of hydrogen-bond acceptors (Lipinski definition) is 5. The normalized spacial score (nSPS) is 16.1. The summed E-state index contributed by atoms with van der Waals surface area (Å²) >= 11 is 0. The van der Waals surface area contributed by atoms with Crippen molar-refractivity contribution in [3.8, 4) is 0 Å². The largest absolute Gasteiger partial charge is 0.398 e. The molecule has 0 saturated carbocycles. The van der Waals surface area contributed by atoms with Gasteiger partial charge in [0.05, 0.1) is 0 Å². The lowest BCUT2D eigenvalue weighted by Crippen LogP contribution is -2.53. The third-order valence-corrected chi connectivity index (χ3v) is 6.99. The smallest absolute Gasteiger partial charge is 0.339 e. The van der Waals surface area contributed by atoms with Gasteiger partial charge in [-0.3, -0.25) is 0 Å².